The number of carbonyl (C=O) groups is 1. The van der Waals surface area contributed by atoms with Crippen LogP contribution < -0.4 is 0 Å². The molecular weight excluding hydrogens is 405 g/mol. The van der Waals surface area contributed by atoms with E-state index >= 15 is 0 Å². The molecule has 1 aromatic heterocycles. The van der Waals surface area contributed by atoms with E-state index in [0.717, 1.165) is 28.1 Å². The lowest BCUT2D eigenvalue weighted by Crippen LogP contribution is -2.48. The first-order valence-electron chi connectivity index (χ1n) is 10.4. The molecule has 2 aromatic carbocycles. The number of hydrogen-bond acceptors (Lipinski definition) is 4. The number of benzene rings is 2. The van der Waals surface area contributed by atoms with E-state index in [4.69, 9.17) is 7.05 Å². The van der Waals surface area contributed by atoms with Crippen LogP contribution in [0.15, 0.2) is 65.7 Å². The van der Waals surface area contributed by atoms with Gasteiger partial charge in [0.15, 0.2) is 0 Å². The Labute approximate surface area is 186 Å². The molecule has 0 unspecified atom stereocenters. The van der Waals surface area contributed by atoms with Gasteiger partial charge in [0.1, 0.15) is 11.5 Å². The highest BCUT2D eigenvalue weighted by molar-refractivity contribution is 6.14. The van der Waals surface area contributed by atoms with Crippen molar-refractivity contribution >= 4 is 17.9 Å². The minimum absolute atomic E-state index is 0.212. The molecular formula is C25H22FN5O. The van der Waals surface area contributed by atoms with Crippen molar-refractivity contribution in [2.45, 2.75) is 26.3 Å². The molecule has 32 heavy (non-hydrogen) atoms. The van der Waals surface area contributed by atoms with E-state index in [-0.39, 0.29) is 17.8 Å². The predicted octanol–water partition coefficient (Wildman–Crippen LogP) is 4.28. The van der Waals surface area contributed by atoms with Crippen molar-refractivity contribution in [2.24, 2.45) is 4.99 Å². The summed E-state index contributed by atoms with van der Waals surface area (Å²) in [7, 11) is 6.13. The molecule has 2 radical (unpaired) electrons. The van der Waals surface area contributed by atoms with Gasteiger partial charge in [-0.25, -0.2) is 14.4 Å². The van der Waals surface area contributed by atoms with Gasteiger partial charge in [0.05, 0.1) is 25.1 Å². The number of hydrogen-bond donors (Lipinski definition) is 0. The maximum Gasteiger partial charge on any atom is 0.279 e. The predicted molar refractivity (Wildman–Crippen MR) is 120 cm³/mol. The zero-order valence-electron chi connectivity index (χ0n) is 17.9. The summed E-state index contributed by atoms with van der Waals surface area (Å²) in [5.74, 6) is -0.0996. The summed E-state index contributed by atoms with van der Waals surface area (Å²) < 4.78 is 15.4. The SMILES string of the molecule is [CH]N1CC[C@H](c2ccc(F)cc2)N2C(=O)/C(=C/c3ccc(-n4cnc(C)c4)c(C)c3)N=C12. The molecule has 1 fully saturated rings. The third-order valence-corrected chi connectivity index (χ3v) is 5.85. The lowest BCUT2D eigenvalue weighted by molar-refractivity contribution is -0.125. The van der Waals surface area contributed by atoms with E-state index in [1.807, 2.05) is 42.8 Å². The molecule has 2 aliphatic heterocycles. The standard InChI is InChI=1S/C25H22FN5O/c1-16-12-18(4-9-22(16)30-14-17(2)27-15-30)13-21-24(32)31-23(10-11-29(3)25(31)28-21)19-5-7-20(26)8-6-19/h3-9,12-15,23H,10-11H2,1-2H3/b21-13-/t23-/m1/s1. The zero-order valence-corrected chi connectivity index (χ0v) is 17.9. The quantitative estimate of drug-likeness (QED) is 0.586. The highest BCUT2D eigenvalue weighted by Gasteiger charge is 2.41. The van der Waals surface area contributed by atoms with Crippen LogP contribution in [-0.4, -0.2) is 37.8 Å². The van der Waals surface area contributed by atoms with Gasteiger partial charge in [0, 0.05) is 18.4 Å². The van der Waals surface area contributed by atoms with Gasteiger partial charge >= 0.3 is 0 Å². The Balaban J connectivity index is 1.47. The van der Waals surface area contributed by atoms with Crippen molar-refractivity contribution in [1.29, 1.82) is 0 Å². The third-order valence-electron chi connectivity index (χ3n) is 5.85. The Morgan fingerprint density at radius 1 is 1.16 bits per heavy atom. The average Bonchev–Trinajstić information content (AvgIpc) is 3.34. The molecule has 1 saturated heterocycles. The van der Waals surface area contributed by atoms with Crippen LogP contribution in [0.2, 0.25) is 0 Å². The van der Waals surface area contributed by atoms with Crippen LogP contribution in [0.5, 0.6) is 0 Å². The Morgan fingerprint density at radius 2 is 1.94 bits per heavy atom. The number of carbonyl (C=O) groups excluding carboxylic acids is 1. The molecule has 1 atom stereocenters. The topological polar surface area (TPSA) is 53.7 Å². The molecule has 0 aliphatic carbocycles. The fourth-order valence-electron chi connectivity index (χ4n) is 4.26. The normalized spacial score (nSPS) is 19.5. The van der Waals surface area contributed by atoms with Crippen LogP contribution in [0.4, 0.5) is 4.39 Å². The summed E-state index contributed by atoms with van der Waals surface area (Å²) in [5, 5.41) is 0. The van der Waals surface area contributed by atoms with Gasteiger partial charge in [-0.2, -0.15) is 0 Å². The first-order valence-corrected chi connectivity index (χ1v) is 10.4. The van der Waals surface area contributed by atoms with Gasteiger partial charge in [0.2, 0.25) is 5.96 Å². The van der Waals surface area contributed by atoms with Crippen molar-refractivity contribution in [2.75, 3.05) is 6.54 Å². The van der Waals surface area contributed by atoms with E-state index in [1.165, 1.54) is 17.0 Å². The lowest BCUT2D eigenvalue weighted by Gasteiger charge is -2.38. The van der Waals surface area contributed by atoms with Gasteiger partial charge in [-0.1, -0.05) is 18.2 Å². The summed E-state index contributed by atoms with van der Waals surface area (Å²) in [6, 6.07) is 12.0. The second-order valence-corrected chi connectivity index (χ2v) is 8.13. The Kier molecular flexibility index (Phi) is 4.89. The monoisotopic (exact) mass is 427 g/mol. The third kappa shape index (κ3) is 3.49. The molecule has 6 nitrogen and oxygen atoms in total. The van der Waals surface area contributed by atoms with Gasteiger partial charge in [-0.3, -0.25) is 9.69 Å². The number of halogens is 1. The first kappa shape index (κ1) is 20.2. The van der Waals surface area contributed by atoms with E-state index < -0.39 is 0 Å². The first-order chi connectivity index (χ1) is 15.4. The van der Waals surface area contributed by atoms with Crippen LogP contribution in [0.3, 0.4) is 0 Å². The number of fused-ring (bicyclic) bond motifs is 1. The second kappa shape index (κ2) is 7.75. The number of rotatable bonds is 3. The molecule has 0 N–H and O–H groups in total. The van der Waals surface area contributed by atoms with Crippen molar-refractivity contribution < 1.29 is 9.18 Å². The summed E-state index contributed by atoms with van der Waals surface area (Å²) in [6.07, 6.45) is 6.17. The molecule has 0 bridgehead atoms. The second-order valence-electron chi connectivity index (χ2n) is 8.13. The fourth-order valence-corrected chi connectivity index (χ4v) is 4.26. The average molecular weight is 427 g/mol. The molecule has 1 amide bonds. The molecule has 3 heterocycles. The number of imidazole rings is 1. The highest BCUT2D eigenvalue weighted by atomic mass is 19.1. The van der Waals surface area contributed by atoms with E-state index in [1.54, 1.807) is 29.4 Å². The lowest BCUT2D eigenvalue weighted by atomic mass is 10.00. The summed E-state index contributed by atoms with van der Waals surface area (Å²) in [6.45, 7) is 4.52. The van der Waals surface area contributed by atoms with Crippen LogP contribution in [0, 0.1) is 26.7 Å². The van der Waals surface area contributed by atoms with Crippen molar-refractivity contribution in [1.82, 2.24) is 19.4 Å². The fraction of sp³-hybridized carbons (Fsp3) is 0.200. The van der Waals surface area contributed by atoms with Gasteiger partial charge in [0.25, 0.3) is 5.91 Å². The molecule has 3 aromatic rings. The summed E-state index contributed by atoms with van der Waals surface area (Å²) in [4.78, 5) is 25.2. The number of amides is 1. The van der Waals surface area contributed by atoms with Crippen LogP contribution in [0.25, 0.3) is 11.8 Å². The van der Waals surface area contributed by atoms with Crippen molar-refractivity contribution in [3.63, 3.8) is 0 Å². The maximum absolute atomic E-state index is 13.4. The van der Waals surface area contributed by atoms with Gasteiger partial charge < -0.3 is 9.47 Å². The number of nitrogens with zero attached hydrogens (tertiary/aromatic N) is 5. The number of aryl methyl sites for hydroxylation is 2. The summed E-state index contributed by atoms with van der Waals surface area (Å²) >= 11 is 0. The largest absolute Gasteiger partial charge is 0.335 e. The minimum atomic E-state index is -0.308. The van der Waals surface area contributed by atoms with Crippen LogP contribution in [0.1, 0.15) is 34.8 Å². The summed E-state index contributed by atoms with van der Waals surface area (Å²) in [5.41, 5.74) is 5.09. The van der Waals surface area contributed by atoms with Gasteiger partial charge in [-0.05, 0) is 67.3 Å². The number of aliphatic imine (C=N–C) groups is 1. The minimum Gasteiger partial charge on any atom is -0.335 e. The molecule has 5 rings (SSSR count). The molecule has 0 spiro atoms. The van der Waals surface area contributed by atoms with Crippen LogP contribution >= 0.6 is 0 Å². The van der Waals surface area contributed by atoms with E-state index in [2.05, 4.69) is 9.98 Å². The number of guanidine groups is 1. The maximum atomic E-state index is 13.4. The molecule has 160 valence electrons. The smallest absolute Gasteiger partial charge is 0.279 e. The van der Waals surface area contributed by atoms with Gasteiger partial charge in [-0.15, -0.1) is 0 Å². The Hall–Kier alpha value is -3.74. The molecule has 7 heteroatoms. The zero-order chi connectivity index (χ0) is 22.4. The highest BCUT2D eigenvalue weighted by Crippen LogP contribution is 2.35. The molecule has 2 aliphatic rings. The Morgan fingerprint density at radius 3 is 2.62 bits per heavy atom. The molecule has 0 saturated carbocycles. The van der Waals surface area contributed by atoms with Crippen molar-refractivity contribution in [3.8, 4) is 5.69 Å². The van der Waals surface area contributed by atoms with E-state index in [0.29, 0.717) is 24.6 Å². The van der Waals surface area contributed by atoms with Crippen LogP contribution in [-0.2, 0) is 4.79 Å². The number of aromatic nitrogens is 2. The Bertz CT molecular complexity index is 1260. The van der Waals surface area contributed by atoms with E-state index in [9.17, 15) is 9.18 Å². The van der Waals surface area contributed by atoms with Crippen molar-refractivity contribution in [3.05, 3.63) is 95.9 Å².